The molecule has 2 N–H and O–H groups in total. The van der Waals surface area contributed by atoms with Gasteiger partial charge in [-0.05, 0) is 52.0 Å². The Hall–Kier alpha value is -1.10. The van der Waals surface area contributed by atoms with Gasteiger partial charge in [-0.2, -0.15) is 0 Å². The molecule has 20 heavy (non-hydrogen) atoms. The van der Waals surface area contributed by atoms with E-state index < -0.39 is 11.5 Å². The number of hydrogen-bond donors (Lipinski definition) is 2. The third kappa shape index (κ3) is 4.47. The maximum atomic E-state index is 12.0. The number of aliphatic carboxylic acids is 1. The molecule has 2 atom stereocenters. The summed E-state index contributed by atoms with van der Waals surface area (Å²) in [5.41, 5.74) is -0.890. The minimum Gasteiger partial charge on any atom is -0.480 e. The summed E-state index contributed by atoms with van der Waals surface area (Å²) in [4.78, 5) is 25.1. The first-order valence-electron chi connectivity index (χ1n) is 7.53. The van der Waals surface area contributed by atoms with E-state index in [0.29, 0.717) is 18.9 Å². The van der Waals surface area contributed by atoms with Gasteiger partial charge in [-0.15, -0.1) is 0 Å². The summed E-state index contributed by atoms with van der Waals surface area (Å²) in [6.45, 7) is 8.89. The molecule has 0 aromatic rings. The number of likely N-dealkylation sites (tertiary alicyclic amines) is 1. The summed E-state index contributed by atoms with van der Waals surface area (Å²) >= 11 is 0. The molecule has 1 saturated heterocycles. The van der Waals surface area contributed by atoms with Crippen molar-refractivity contribution in [3.63, 3.8) is 0 Å². The minimum absolute atomic E-state index is 0.0735. The third-order valence-corrected chi connectivity index (χ3v) is 4.17. The molecule has 0 bridgehead atoms. The maximum Gasteiger partial charge on any atom is 0.323 e. The van der Waals surface area contributed by atoms with Crippen molar-refractivity contribution < 1.29 is 14.7 Å². The van der Waals surface area contributed by atoms with E-state index in [1.54, 1.807) is 11.8 Å². The topological polar surface area (TPSA) is 69.6 Å². The number of carboxylic acid groups (broad SMARTS) is 1. The summed E-state index contributed by atoms with van der Waals surface area (Å²) in [6, 6.07) is 0.142. The summed E-state index contributed by atoms with van der Waals surface area (Å²) in [7, 11) is 0. The van der Waals surface area contributed by atoms with Crippen LogP contribution in [0.15, 0.2) is 0 Å². The molecule has 5 nitrogen and oxygen atoms in total. The maximum absolute atomic E-state index is 12.0. The largest absolute Gasteiger partial charge is 0.480 e. The molecule has 5 heteroatoms. The summed E-state index contributed by atoms with van der Waals surface area (Å²) in [5.74, 6) is -0.283. The van der Waals surface area contributed by atoms with Crippen molar-refractivity contribution >= 4 is 11.9 Å². The molecule has 116 valence electrons. The standard InChI is InChI=1S/C15H28N2O3/c1-11(2)6-7-12(3)16-13(18)10-17-9-5-8-15(17,4)14(19)20/h11-12H,5-10H2,1-4H3,(H,16,18)(H,19,20). The number of hydrogen-bond acceptors (Lipinski definition) is 3. The first kappa shape index (κ1) is 17.0. The molecule has 1 heterocycles. The van der Waals surface area contributed by atoms with Crippen molar-refractivity contribution in [1.82, 2.24) is 10.2 Å². The van der Waals surface area contributed by atoms with E-state index in [2.05, 4.69) is 19.2 Å². The highest BCUT2D eigenvalue weighted by Crippen LogP contribution is 2.28. The molecule has 1 aliphatic heterocycles. The fourth-order valence-corrected chi connectivity index (χ4v) is 2.66. The molecule has 0 radical (unpaired) electrons. The van der Waals surface area contributed by atoms with Crippen molar-refractivity contribution in [3.8, 4) is 0 Å². The molecular weight excluding hydrogens is 256 g/mol. The van der Waals surface area contributed by atoms with Gasteiger partial charge in [-0.25, -0.2) is 0 Å². The van der Waals surface area contributed by atoms with Crippen LogP contribution < -0.4 is 5.32 Å². The Morgan fingerprint density at radius 1 is 1.30 bits per heavy atom. The second-order valence-corrected chi connectivity index (χ2v) is 6.54. The third-order valence-electron chi connectivity index (χ3n) is 4.17. The summed E-state index contributed by atoms with van der Waals surface area (Å²) < 4.78 is 0. The monoisotopic (exact) mass is 284 g/mol. The highest BCUT2D eigenvalue weighted by molar-refractivity contribution is 5.82. The molecular formula is C15H28N2O3. The van der Waals surface area contributed by atoms with E-state index in [9.17, 15) is 14.7 Å². The van der Waals surface area contributed by atoms with Crippen LogP contribution in [0, 0.1) is 5.92 Å². The van der Waals surface area contributed by atoms with Crippen LogP contribution >= 0.6 is 0 Å². The van der Waals surface area contributed by atoms with Gasteiger partial charge in [0.1, 0.15) is 5.54 Å². The van der Waals surface area contributed by atoms with Crippen molar-refractivity contribution in [2.45, 2.75) is 65.0 Å². The number of nitrogens with zero attached hydrogens (tertiary/aromatic N) is 1. The van der Waals surface area contributed by atoms with Gasteiger partial charge in [-0.1, -0.05) is 13.8 Å². The van der Waals surface area contributed by atoms with Gasteiger partial charge in [-0.3, -0.25) is 14.5 Å². The lowest BCUT2D eigenvalue weighted by atomic mass is 9.99. The zero-order valence-electron chi connectivity index (χ0n) is 13.1. The van der Waals surface area contributed by atoms with E-state index in [1.165, 1.54) is 0 Å². The van der Waals surface area contributed by atoms with Crippen molar-refractivity contribution in [2.24, 2.45) is 5.92 Å². The van der Waals surface area contributed by atoms with Gasteiger partial charge < -0.3 is 10.4 Å². The normalized spacial score (nSPS) is 24.9. The molecule has 1 fully saturated rings. The molecule has 0 aromatic heterocycles. The number of amides is 1. The smallest absolute Gasteiger partial charge is 0.323 e. The molecule has 0 spiro atoms. The Bertz CT molecular complexity index is 357. The van der Waals surface area contributed by atoms with Gasteiger partial charge >= 0.3 is 5.97 Å². The predicted octanol–water partition coefficient (Wildman–Crippen LogP) is 1.87. The number of carbonyl (C=O) groups excluding carboxylic acids is 1. The number of carbonyl (C=O) groups is 2. The molecule has 1 rings (SSSR count). The van der Waals surface area contributed by atoms with Gasteiger partial charge in [0.15, 0.2) is 0 Å². The summed E-state index contributed by atoms with van der Waals surface area (Å²) in [6.07, 6.45) is 3.48. The Morgan fingerprint density at radius 3 is 2.50 bits per heavy atom. The lowest BCUT2D eigenvalue weighted by Crippen LogP contribution is -2.52. The van der Waals surface area contributed by atoms with Gasteiger partial charge in [0.25, 0.3) is 0 Å². The van der Waals surface area contributed by atoms with E-state index >= 15 is 0 Å². The van der Waals surface area contributed by atoms with Gasteiger partial charge in [0.05, 0.1) is 6.54 Å². The van der Waals surface area contributed by atoms with Crippen molar-refractivity contribution in [2.75, 3.05) is 13.1 Å². The zero-order valence-corrected chi connectivity index (χ0v) is 13.1. The molecule has 1 aliphatic rings. The van der Waals surface area contributed by atoms with Crippen LogP contribution in [-0.4, -0.2) is 46.6 Å². The molecule has 1 amide bonds. The second kappa shape index (κ2) is 7.07. The highest BCUT2D eigenvalue weighted by atomic mass is 16.4. The van der Waals surface area contributed by atoms with Gasteiger partial charge in [0.2, 0.25) is 5.91 Å². The first-order valence-corrected chi connectivity index (χ1v) is 7.53. The highest BCUT2D eigenvalue weighted by Gasteiger charge is 2.43. The number of rotatable bonds is 7. The average Bonchev–Trinajstić information content (AvgIpc) is 2.69. The van der Waals surface area contributed by atoms with E-state index in [0.717, 1.165) is 19.3 Å². The van der Waals surface area contributed by atoms with Crippen LogP contribution in [0.2, 0.25) is 0 Å². The molecule has 0 saturated carbocycles. The van der Waals surface area contributed by atoms with E-state index in [1.807, 2.05) is 6.92 Å². The van der Waals surface area contributed by atoms with Crippen molar-refractivity contribution in [1.29, 1.82) is 0 Å². The minimum atomic E-state index is -0.890. The second-order valence-electron chi connectivity index (χ2n) is 6.54. The van der Waals surface area contributed by atoms with Crippen LogP contribution in [0.1, 0.15) is 53.4 Å². The van der Waals surface area contributed by atoms with Crippen LogP contribution in [0.3, 0.4) is 0 Å². The Kier molecular flexibility index (Phi) is 5.99. The van der Waals surface area contributed by atoms with E-state index in [-0.39, 0.29) is 18.5 Å². The van der Waals surface area contributed by atoms with Crippen LogP contribution in [0.25, 0.3) is 0 Å². The summed E-state index contributed by atoms with van der Waals surface area (Å²) in [5, 5.41) is 12.3. The van der Waals surface area contributed by atoms with E-state index in [4.69, 9.17) is 0 Å². The number of nitrogens with one attached hydrogen (secondary N) is 1. The Labute approximate surface area is 121 Å². The molecule has 0 aromatic carbocycles. The SMILES string of the molecule is CC(C)CCC(C)NC(=O)CN1CCCC1(C)C(=O)O. The Morgan fingerprint density at radius 2 is 1.95 bits per heavy atom. The molecule has 2 unspecified atom stereocenters. The lowest BCUT2D eigenvalue weighted by molar-refractivity contribution is -0.149. The number of carboxylic acids is 1. The zero-order chi connectivity index (χ0) is 15.3. The average molecular weight is 284 g/mol. The van der Waals surface area contributed by atoms with Crippen LogP contribution in [-0.2, 0) is 9.59 Å². The van der Waals surface area contributed by atoms with Crippen LogP contribution in [0.5, 0.6) is 0 Å². The lowest BCUT2D eigenvalue weighted by Gasteiger charge is -2.30. The van der Waals surface area contributed by atoms with Crippen molar-refractivity contribution in [3.05, 3.63) is 0 Å². The quantitative estimate of drug-likeness (QED) is 0.749. The van der Waals surface area contributed by atoms with Gasteiger partial charge in [0, 0.05) is 6.04 Å². The predicted molar refractivity (Wildman–Crippen MR) is 78.5 cm³/mol. The van der Waals surface area contributed by atoms with Crippen LogP contribution in [0.4, 0.5) is 0 Å². The Balaban J connectivity index is 2.44. The molecule has 0 aliphatic carbocycles. The fourth-order valence-electron chi connectivity index (χ4n) is 2.66. The first-order chi connectivity index (χ1) is 9.25. The fraction of sp³-hybridized carbons (Fsp3) is 0.867.